The largest absolute Gasteiger partial charge is 0.383 e. The number of nitrogens with one attached hydrogen (secondary N) is 2. The van der Waals surface area contributed by atoms with Gasteiger partial charge in [0.1, 0.15) is 11.6 Å². The van der Waals surface area contributed by atoms with Crippen LogP contribution in [0.2, 0.25) is 0 Å². The van der Waals surface area contributed by atoms with Crippen LogP contribution < -0.4 is 10.6 Å². The number of carbonyl (C=O) groups excluding carboxylic acids is 1. The molecule has 0 heterocycles. The van der Waals surface area contributed by atoms with E-state index in [2.05, 4.69) is 57.8 Å². The van der Waals surface area contributed by atoms with Crippen molar-refractivity contribution in [3.05, 3.63) is 75.9 Å². The minimum absolute atomic E-state index is 0.00487. The Balaban J connectivity index is 2.01. The van der Waals surface area contributed by atoms with Gasteiger partial charge in [0.15, 0.2) is 0 Å². The molecule has 0 spiro atoms. The first kappa shape index (κ1) is 18.8. The Morgan fingerprint density at radius 1 is 1.20 bits per heavy atom. The third-order valence-corrected chi connectivity index (χ3v) is 4.36. The standard InChI is InChI=1S/C20H20BrN3O/c1-3-15-4-6-16(7-5-15)14(2)23-13-17(12-22)20(25)24-19-10-8-18(21)9-11-19/h4-11,13-14,23H,3H2,1-2H3,(H,24,25)/b17-13-. The van der Waals surface area contributed by atoms with E-state index in [-0.39, 0.29) is 11.6 Å². The Morgan fingerprint density at radius 3 is 2.40 bits per heavy atom. The third-order valence-electron chi connectivity index (χ3n) is 3.83. The van der Waals surface area contributed by atoms with Crippen LogP contribution in [0.4, 0.5) is 5.69 Å². The summed E-state index contributed by atoms with van der Waals surface area (Å²) in [7, 11) is 0. The van der Waals surface area contributed by atoms with Crippen LogP contribution in [-0.2, 0) is 11.2 Å². The molecule has 128 valence electrons. The molecule has 2 rings (SSSR count). The highest BCUT2D eigenvalue weighted by atomic mass is 79.9. The summed E-state index contributed by atoms with van der Waals surface area (Å²) in [5.41, 5.74) is 3.04. The number of hydrogen-bond acceptors (Lipinski definition) is 3. The van der Waals surface area contributed by atoms with Gasteiger partial charge in [-0.2, -0.15) is 5.26 Å². The molecule has 0 aliphatic heterocycles. The Bertz CT molecular complexity index is 789. The minimum Gasteiger partial charge on any atom is -0.383 e. The molecule has 1 atom stereocenters. The highest BCUT2D eigenvalue weighted by molar-refractivity contribution is 9.10. The number of rotatable bonds is 6. The zero-order valence-electron chi connectivity index (χ0n) is 14.2. The summed E-state index contributed by atoms with van der Waals surface area (Å²) in [6, 6.07) is 17.4. The lowest BCUT2D eigenvalue weighted by Gasteiger charge is -2.13. The normalized spacial score (nSPS) is 12.2. The molecule has 0 bridgehead atoms. The fourth-order valence-electron chi connectivity index (χ4n) is 2.23. The second kappa shape index (κ2) is 9.05. The number of nitrogens with zero attached hydrogens (tertiary/aromatic N) is 1. The van der Waals surface area contributed by atoms with Gasteiger partial charge in [-0.05, 0) is 48.7 Å². The average molecular weight is 398 g/mol. The zero-order valence-corrected chi connectivity index (χ0v) is 15.8. The van der Waals surface area contributed by atoms with Crippen LogP contribution in [0.1, 0.15) is 31.0 Å². The predicted molar refractivity (Wildman–Crippen MR) is 104 cm³/mol. The second-order valence-corrected chi connectivity index (χ2v) is 6.53. The number of halogens is 1. The molecule has 5 heteroatoms. The van der Waals surface area contributed by atoms with E-state index in [1.807, 2.05) is 25.1 Å². The van der Waals surface area contributed by atoms with E-state index in [0.29, 0.717) is 5.69 Å². The van der Waals surface area contributed by atoms with Gasteiger partial charge in [0.05, 0.1) is 0 Å². The van der Waals surface area contributed by atoms with Gasteiger partial charge < -0.3 is 10.6 Å². The van der Waals surface area contributed by atoms with Gasteiger partial charge in [0, 0.05) is 22.4 Å². The molecule has 25 heavy (non-hydrogen) atoms. The van der Waals surface area contributed by atoms with Gasteiger partial charge in [-0.3, -0.25) is 4.79 Å². The molecule has 2 N–H and O–H groups in total. The van der Waals surface area contributed by atoms with Crippen molar-refractivity contribution >= 4 is 27.5 Å². The number of amides is 1. The van der Waals surface area contributed by atoms with Crippen LogP contribution in [0.3, 0.4) is 0 Å². The van der Waals surface area contributed by atoms with Crippen molar-refractivity contribution in [2.24, 2.45) is 0 Å². The average Bonchev–Trinajstić information content (AvgIpc) is 2.64. The van der Waals surface area contributed by atoms with Gasteiger partial charge in [-0.1, -0.05) is 47.1 Å². The smallest absolute Gasteiger partial charge is 0.267 e. The van der Waals surface area contributed by atoms with Crippen molar-refractivity contribution in [1.82, 2.24) is 5.32 Å². The van der Waals surface area contributed by atoms with E-state index < -0.39 is 5.91 Å². The molecule has 0 saturated carbocycles. The van der Waals surface area contributed by atoms with Gasteiger partial charge >= 0.3 is 0 Å². The number of anilines is 1. The van der Waals surface area contributed by atoms with Crippen molar-refractivity contribution in [3.63, 3.8) is 0 Å². The maximum Gasteiger partial charge on any atom is 0.267 e. The lowest BCUT2D eigenvalue weighted by molar-refractivity contribution is -0.112. The molecule has 4 nitrogen and oxygen atoms in total. The Labute approximate surface area is 156 Å². The summed E-state index contributed by atoms with van der Waals surface area (Å²) in [5, 5.41) is 15.1. The summed E-state index contributed by atoms with van der Waals surface area (Å²) in [5.74, 6) is -0.439. The van der Waals surface area contributed by atoms with Crippen molar-refractivity contribution in [1.29, 1.82) is 5.26 Å². The van der Waals surface area contributed by atoms with Crippen LogP contribution >= 0.6 is 15.9 Å². The molecule has 0 radical (unpaired) electrons. The van der Waals surface area contributed by atoms with Crippen LogP contribution in [-0.4, -0.2) is 5.91 Å². The van der Waals surface area contributed by atoms with E-state index in [1.165, 1.54) is 11.8 Å². The third kappa shape index (κ3) is 5.47. The number of aryl methyl sites for hydroxylation is 1. The van der Waals surface area contributed by atoms with Crippen LogP contribution in [0.15, 0.2) is 64.8 Å². The lowest BCUT2D eigenvalue weighted by atomic mass is 10.1. The number of nitriles is 1. The summed E-state index contributed by atoms with van der Waals surface area (Å²) >= 11 is 3.34. The van der Waals surface area contributed by atoms with Gasteiger partial charge in [-0.25, -0.2) is 0 Å². The molecule has 0 aliphatic rings. The second-order valence-electron chi connectivity index (χ2n) is 5.61. The molecule has 0 saturated heterocycles. The van der Waals surface area contributed by atoms with Crippen LogP contribution in [0.5, 0.6) is 0 Å². The molecule has 0 fully saturated rings. The maximum atomic E-state index is 12.2. The van der Waals surface area contributed by atoms with Gasteiger partial charge in [-0.15, -0.1) is 0 Å². The molecule has 2 aromatic rings. The van der Waals surface area contributed by atoms with Crippen LogP contribution in [0.25, 0.3) is 0 Å². The molecule has 0 aromatic heterocycles. The zero-order chi connectivity index (χ0) is 18.2. The van der Waals surface area contributed by atoms with Crippen LogP contribution in [0, 0.1) is 11.3 Å². The lowest BCUT2D eigenvalue weighted by Crippen LogP contribution is -2.18. The van der Waals surface area contributed by atoms with Crippen molar-refractivity contribution in [3.8, 4) is 6.07 Å². The predicted octanol–water partition coefficient (Wildman–Crippen LogP) is 4.71. The van der Waals surface area contributed by atoms with Crippen molar-refractivity contribution in [2.75, 3.05) is 5.32 Å². The van der Waals surface area contributed by atoms with E-state index in [1.54, 1.807) is 12.1 Å². The number of carbonyl (C=O) groups is 1. The number of hydrogen-bond donors (Lipinski definition) is 2. The Kier molecular flexibility index (Phi) is 6.79. The van der Waals surface area contributed by atoms with Crippen molar-refractivity contribution in [2.45, 2.75) is 26.3 Å². The topological polar surface area (TPSA) is 64.9 Å². The van der Waals surface area contributed by atoms with E-state index >= 15 is 0 Å². The van der Waals surface area contributed by atoms with E-state index in [0.717, 1.165) is 16.5 Å². The first-order chi connectivity index (χ1) is 12.0. The molecule has 1 unspecified atom stereocenters. The quantitative estimate of drug-likeness (QED) is 0.547. The van der Waals surface area contributed by atoms with E-state index in [4.69, 9.17) is 0 Å². The molecule has 1 amide bonds. The molecule has 2 aromatic carbocycles. The van der Waals surface area contributed by atoms with Gasteiger partial charge in [0.25, 0.3) is 5.91 Å². The fourth-order valence-corrected chi connectivity index (χ4v) is 2.49. The van der Waals surface area contributed by atoms with Crippen molar-refractivity contribution < 1.29 is 4.79 Å². The molecule has 0 aliphatic carbocycles. The Hall–Kier alpha value is -2.58. The SMILES string of the molecule is CCc1ccc(C(C)N/C=C(/C#N)C(=O)Nc2ccc(Br)cc2)cc1. The first-order valence-electron chi connectivity index (χ1n) is 8.05. The summed E-state index contributed by atoms with van der Waals surface area (Å²) < 4.78 is 0.922. The maximum absolute atomic E-state index is 12.2. The summed E-state index contributed by atoms with van der Waals surface area (Å²) in [6.45, 7) is 4.10. The van der Waals surface area contributed by atoms with Gasteiger partial charge in [0.2, 0.25) is 0 Å². The highest BCUT2D eigenvalue weighted by Crippen LogP contribution is 2.16. The summed E-state index contributed by atoms with van der Waals surface area (Å²) in [6.07, 6.45) is 2.46. The monoisotopic (exact) mass is 397 g/mol. The number of benzene rings is 2. The summed E-state index contributed by atoms with van der Waals surface area (Å²) in [4.78, 5) is 12.2. The van der Waals surface area contributed by atoms with E-state index in [9.17, 15) is 10.1 Å². The Morgan fingerprint density at radius 2 is 1.84 bits per heavy atom. The fraction of sp³-hybridized carbons (Fsp3) is 0.200. The first-order valence-corrected chi connectivity index (χ1v) is 8.85. The highest BCUT2D eigenvalue weighted by Gasteiger charge is 2.10. The minimum atomic E-state index is -0.439. The molecular weight excluding hydrogens is 378 g/mol. The molecular formula is C20H20BrN3O.